The molecule has 28 heavy (non-hydrogen) atoms. The second kappa shape index (κ2) is 8.09. The smallest absolute Gasteiger partial charge is 0.264 e. The fourth-order valence-corrected chi connectivity index (χ4v) is 5.58. The molecule has 0 fully saturated rings. The summed E-state index contributed by atoms with van der Waals surface area (Å²) in [5, 5.41) is 0. The van der Waals surface area contributed by atoms with Crippen molar-refractivity contribution in [3.8, 4) is 0 Å². The molecule has 0 aliphatic heterocycles. The van der Waals surface area contributed by atoms with Crippen LogP contribution in [-0.2, 0) is 24.8 Å². The molecule has 2 aromatic carbocycles. The quantitative estimate of drug-likeness (QED) is 0.544. The first-order valence-corrected chi connectivity index (χ1v) is 11.8. The van der Waals surface area contributed by atoms with Gasteiger partial charge in [-0.1, -0.05) is 6.07 Å². The maximum atomic E-state index is 12.7. The van der Waals surface area contributed by atoms with Gasteiger partial charge in [-0.05, 0) is 43.3 Å². The predicted octanol–water partition coefficient (Wildman–Crippen LogP) is 1.81. The summed E-state index contributed by atoms with van der Waals surface area (Å²) in [7, 11) is -6.17. The highest BCUT2D eigenvalue weighted by Crippen LogP contribution is 2.24. The number of ether oxygens (including phenoxy) is 1. The van der Waals surface area contributed by atoms with Gasteiger partial charge in [0.2, 0.25) is 10.0 Å². The number of methoxy groups -OCH3 is 1. The summed E-state index contributed by atoms with van der Waals surface area (Å²) in [4.78, 5) is 0.0229. The van der Waals surface area contributed by atoms with Crippen molar-refractivity contribution in [1.82, 2.24) is 13.5 Å². The van der Waals surface area contributed by atoms with E-state index in [1.54, 1.807) is 19.1 Å². The molecule has 0 unspecified atom stereocenters. The van der Waals surface area contributed by atoms with E-state index >= 15 is 0 Å². The number of nitrogens with one attached hydrogen (secondary N) is 2. The second-order valence-electron chi connectivity index (χ2n) is 6.00. The van der Waals surface area contributed by atoms with Crippen LogP contribution >= 0.6 is 11.7 Å². The van der Waals surface area contributed by atoms with Crippen LogP contribution in [0, 0.1) is 0 Å². The largest absolute Gasteiger partial charge is 0.383 e. The molecule has 1 atom stereocenters. The molecule has 0 bridgehead atoms. The predicted molar refractivity (Wildman–Crippen MR) is 106 cm³/mol. The second-order valence-corrected chi connectivity index (χ2v) is 9.89. The molecular weight excluding hydrogens is 424 g/mol. The summed E-state index contributed by atoms with van der Waals surface area (Å²) in [5.41, 5.74) is 1.00. The number of benzene rings is 2. The van der Waals surface area contributed by atoms with Crippen molar-refractivity contribution in [3.63, 3.8) is 0 Å². The minimum Gasteiger partial charge on any atom is -0.383 e. The van der Waals surface area contributed by atoms with Gasteiger partial charge >= 0.3 is 0 Å². The van der Waals surface area contributed by atoms with Crippen molar-refractivity contribution in [2.45, 2.75) is 22.8 Å². The Morgan fingerprint density at radius 3 is 2.43 bits per heavy atom. The lowest BCUT2D eigenvalue weighted by atomic mass is 10.3. The van der Waals surface area contributed by atoms with Gasteiger partial charge < -0.3 is 4.74 Å². The lowest BCUT2D eigenvalue weighted by Gasteiger charge is -2.14. The van der Waals surface area contributed by atoms with Crippen LogP contribution in [0.4, 0.5) is 5.69 Å². The zero-order valence-electron chi connectivity index (χ0n) is 15.0. The Hall–Kier alpha value is -2.12. The SMILES string of the molecule is COC[C@@H](C)NS(=O)(=O)c1ccc(NS(=O)(=O)c2cccc3nsnc23)cc1. The van der Waals surface area contributed by atoms with Crippen LogP contribution in [0.1, 0.15) is 6.92 Å². The Morgan fingerprint density at radius 1 is 1.04 bits per heavy atom. The molecule has 0 aliphatic carbocycles. The number of sulfonamides is 2. The molecule has 0 aliphatic rings. The van der Waals surface area contributed by atoms with E-state index in [1.165, 1.54) is 37.4 Å². The maximum Gasteiger partial charge on any atom is 0.264 e. The lowest BCUT2D eigenvalue weighted by molar-refractivity contribution is 0.180. The monoisotopic (exact) mass is 442 g/mol. The summed E-state index contributed by atoms with van der Waals surface area (Å²) in [6.07, 6.45) is 0. The standard InChI is InChI=1S/C16H18N4O5S3/c1-11(10-25-2)19-27(21,22)13-8-6-12(7-9-13)20-28(23,24)15-5-3-4-14-16(15)18-26-17-14/h3-9,11,19-20H,10H2,1-2H3/t11-/m1/s1. The van der Waals surface area contributed by atoms with Gasteiger partial charge in [0.05, 0.1) is 23.2 Å². The van der Waals surface area contributed by atoms with Crippen molar-refractivity contribution in [2.75, 3.05) is 18.4 Å². The average molecular weight is 443 g/mol. The number of nitrogens with zero attached hydrogens (tertiary/aromatic N) is 2. The van der Waals surface area contributed by atoms with E-state index in [1.807, 2.05) is 0 Å². The summed E-state index contributed by atoms with van der Waals surface area (Å²) in [6, 6.07) is 9.71. The zero-order chi connectivity index (χ0) is 20.4. The fourth-order valence-electron chi connectivity index (χ4n) is 2.53. The molecule has 0 amide bonds. The Morgan fingerprint density at radius 2 is 1.75 bits per heavy atom. The third-order valence-corrected chi connectivity index (χ3v) is 7.29. The molecular formula is C16H18N4O5S3. The fraction of sp³-hybridized carbons (Fsp3) is 0.250. The Kier molecular flexibility index (Phi) is 5.95. The molecule has 150 valence electrons. The topological polar surface area (TPSA) is 127 Å². The molecule has 9 nitrogen and oxygen atoms in total. The van der Waals surface area contributed by atoms with Crippen LogP contribution in [0.3, 0.4) is 0 Å². The number of rotatable bonds is 8. The summed E-state index contributed by atoms with van der Waals surface area (Å²) in [5.74, 6) is 0. The Bertz CT molecular complexity index is 1170. The maximum absolute atomic E-state index is 12.7. The molecule has 2 N–H and O–H groups in total. The number of fused-ring (bicyclic) bond motifs is 1. The van der Waals surface area contributed by atoms with Gasteiger partial charge in [0, 0.05) is 18.8 Å². The van der Waals surface area contributed by atoms with Gasteiger partial charge in [0.1, 0.15) is 15.9 Å². The van der Waals surface area contributed by atoms with E-state index in [-0.39, 0.29) is 27.6 Å². The van der Waals surface area contributed by atoms with E-state index in [0.29, 0.717) is 5.52 Å². The highest BCUT2D eigenvalue weighted by atomic mass is 32.2. The number of anilines is 1. The zero-order valence-corrected chi connectivity index (χ0v) is 17.4. The summed E-state index contributed by atoms with van der Waals surface area (Å²) >= 11 is 0.927. The van der Waals surface area contributed by atoms with Crippen molar-refractivity contribution in [1.29, 1.82) is 0 Å². The molecule has 0 saturated heterocycles. The van der Waals surface area contributed by atoms with Gasteiger partial charge in [-0.15, -0.1) is 0 Å². The third kappa shape index (κ3) is 4.47. The molecule has 3 rings (SSSR count). The Balaban J connectivity index is 1.81. The van der Waals surface area contributed by atoms with E-state index in [0.717, 1.165) is 11.7 Å². The first-order valence-electron chi connectivity index (χ1n) is 8.08. The van der Waals surface area contributed by atoms with E-state index in [2.05, 4.69) is 18.2 Å². The highest BCUT2D eigenvalue weighted by Gasteiger charge is 2.21. The molecule has 0 saturated carbocycles. The number of hydrogen-bond acceptors (Lipinski definition) is 8. The number of hydrogen-bond donors (Lipinski definition) is 2. The van der Waals surface area contributed by atoms with Crippen molar-refractivity contribution in [2.24, 2.45) is 0 Å². The lowest BCUT2D eigenvalue weighted by Crippen LogP contribution is -2.35. The highest BCUT2D eigenvalue weighted by molar-refractivity contribution is 7.93. The summed E-state index contributed by atoms with van der Waals surface area (Å²) in [6.45, 7) is 1.91. The molecule has 1 heterocycles. The van der Waals surface area contributed by atoms with E-state index < -0.39 is 26.1 Å². The van der Waals surface area contributed by atoms with Crippen LogP contribution < -0.4 is 9.44 Å². The molecule has 1 aromatic heterocycles. The van der Waals surface area contributed by atoms with Gasteiger partial charge in [-0.3, -0.25) is 4.72 Å². The van der Waals surface area contributed by atoms with Gasteiger partial charge in [-0.2, -0.15) is 8.75 Å². The van der Waals surface area contributed by atoms with Gasteiger partial charge in [0.25, 0.3) is 10.0 Å². The normalized spacial score (nSPS) is 13.5. The first kappa shape index (κ1) is 20.6. The van der Waals surface area contributed by atoms with Gasteiger partial charge in [0.15, 0.2) is 0 Å². The van der Waals surface area contributed by atoms with Gasteiger partial charge in [-0.25, -0.2) is 21.6 Å². The molecule has 12 heteroatoms. The minimum absolute atomic E-state index is 0.00510. The number of aromatic nitrogens is 2. The van der Waals surface area contributed by atoms with Crippen LogP contribution in [0.5, 0.6) is 0 Å². The summed E-state index contributed by atoms with van der Waals surface area (Å²) < 4.78 is 67.9. The Labute approximate surface area is 167 Å². The van der Waals surface area contributed by atoms with Crippen molar-refractivity contribution >= 4 is 48.5 Å². The van der Waals surface area contributed by atoms with Crippen LogP contribution in [-0.4, -0.2) is 45.3 Å². The molecule has 0 radical (unpaired) electrons. The van der Waals surface area contributed by atoms with E-state index in [4.69, 9.17) is 4.74 Å². The van der Waals surface area contributed by atoms with Crippen LogP contribution in [0.2, 0.25) is 0 Å². The van der Waals surface area contributed by atoms with Crippen molar-refractivity contribution < 1.29 is 21.6 Å². The third-order valence-electron chi connectivity index (χ3n) is 3.73. The molecule has 3 aromatic rings. The molecule has 0 spiro atoms. The average Bonchev–Trinajstić information content (AvgIpc) is 3.10. The van der Waals surface area contributed by atoms with E-state index in [9.17, 15) is 16.8 Å². The van der Waals surface area contributed by atoms with Crippen LogP contribution in [0.25, 0.3) is 11.0 Å². The minimum atomic E-state index is -3.91. The van der Waals surface area contributed by atoms with Crippen LogP contribution in [0.15, 0.2) is 52.3 Å². The van der Waals surface area contributed by atoms with Crippen molar-refractivity contribution in [3.05, 3.63) is 42.5 Å². The first-order chi connectivity index (χ1) is 13.2.